The summed E-state index contributed by atoms with van der Waals surface area (Å²) >= 11 is 0. The van der Waals surface area contributed by atoms with Crippen molar-refractivity contribution in [2.75, 3.05) is 18.9 Å². The molecule has 1 aromatic rings. The minimum atomic E-state index is 0.211. The van der Waals surface area contributed by atoms with Gasteiger partial charge in [-0.05, 0) is 37.8 Å². The van der Waals surface area contributed by atoms with Gasteiger partial charge in [0, 0.05) is 12.6 Å². The standard InChI is InChI=1S/C17H26N2O2/c1-2-7-14-8-5-6-12-19(14)17(20)11-13-21-16-10-4-3-9-15(16)18/h3-4,9-10,14H,2,5-8,11-13,18H2,1H3. The van der Waals surface area contributed by atoms with E-state index in [1.54, 1.807) is 6.07 Å². The highest BCUT2D eigenvalue weighted by Crippen LogP contribution is 2.22. The monoisotopic (exact) mass is 290 g/mol. The molecule has 2 N–H and O–H groups in total. The van der Waals surface area contributed by atoms with E-state index in [0.29, 0.717) is 30.5 Å². The lowest BCUT2D eigenvalue weighted by Gasteiger charge is -2.36. The zero-order valence-electron chi connectivity index (χ0n) is 12.9. The number of anilines is 1. The first-order valence-electron chi connectivity index (χ1n) is 7.99. The average Bonchev–Trinajstić information content (AvgIpc) is 2.50. The molecular weight excluding hydrogens is 264 g/mol. The van der Waals surface area contributed by atoms with Gasteiger partial charge in [-0.25, -0.2) is 0 Å². The molecule has 2 rings (SSSR count). The van der Waals surface area contributed by atoms with E-state index < -0.39 is 0 Å². The zero-order valence-corrected chi connectivity index (χ0v) is 12.9. The fraction of sp³-hybridized carbons (Fsp3) is 0.588. The molecule has 1 aromatic carbocycles. The van der Waals surface area contributed by atoms with Crippen molar-refractivity contribution in [2.24, 2.45) is 0 Å². The Morgan fingerprint density at radius 1 is 1.38 bits per heavy atom. The van der Waals surface area contributed by atoms with Crippen molar-refractivity contribution in [3.63, 3.8) is 0 Å². The van der Waals surface area contributed by atoms with E-state index in [1.165, 1.54) is 6.42 Å². The number of likely N-dealkylation sites (tertiary alicyclic amines) is 1. The lowest BCUT2D eigenvalue weighted by molar-refractivity contribution is -0.135. The SMILES string of the molecule is CCCC1CCCCN1C(=O)CCOc1ccccc1N. The number of piperidine rings is 1. The number of nitrogens with zero attached hydrogens (tertiary/aromatic N) is 1. The summed E-state index contributed by atoms with van der Waals surface area (Å²) in [6.45, 7) is 3.47. The molecule has 1 heterocycles. The highest BCUT2D eigenvalue weighted by molar-refractivity contribution is 5.76. The third-order valence-electron chi connectivity index (χ3n) is 4.06. The van der Waals surface area contributed by atoms with Crippen LogP contribution >= 0.6 is 0 Å². The average molecular weight is 290 g/mol. The fourth-order valence-electron chi connectivity index (χ4n) is 2.97. The molecule has 0 radical (unpaired) electrons. The van der Waals surface area contributed by atoms with Gasteiger partial charge in [0.1, 0.15) is 5.75 Å². The van der Waals surface area contributed by atoms with Gasteiger partial charge in [-0.1, -0.05) is 25.5 Å². The van der Waals surface area contributed by atoms with Crippen molar-refractivity contribution < 1.29 is 9.53 Å². The van der Waals surface area contributed by atoms with E-state index in [4.69, 9.17) is 10.5 Å². The number of ether oxygens (including phenoxy) is 1. The maximum absolute atomic E-state index is 12.4. The van der Waals surface area contributed by atoms with Crippen LogP contribution in [0.25, 0.3) is 0 Å². The smallest absolute Gasteiger partial charge is 0.226 e. The van der Waals surface area contributed by atoms with Crippen LogP contribution in [0.5, 0.6) is 5.75 Å². The maximum Gasteiger partial charge on any atom is 0.226 e. The van der Waals surface area contributed by atoms with E-state index in [0.717, 1.165) is 32.2 Å². The molecule has 1 atom stereocenters. The molecule has 1 unspecified atom stereocenters. The third-order valence-corrected chi connectivity index (χ3v) is 4.06. The topological polar surface area (TPSA) is 55.6 Å². The largest absolute Gasteiger partial charge is 0.491 e. The summed E-state index contributed by atoms with van der Waals surface area (Å²) in [4.78, 5) is 14.4. The normalized spacial score (nSPS) is 18.5. The van der Waals surface area contributed by atoms with Crippen molar-refractivity contribution in [1.29, 1.82) is 0 Å². The Labute approximate surface area is 127 Å². The van der Waals surface area contributed by atoms with Crippen LogP contribution in [0.3, 0.4) is 0 Å². The molecular formula is C17H26N2O2. The number of benzene rings is 1. The molecule has 1 amide bonds. The van der Waals surface area contributed by atoms with Crippen molar-refractivity contribution in [3.05, 3.63) is 24.3 Å². The van der Waals surface area contributed by atoms with Crippen LogP contribution in [-0.2, 0) is 4.79 Å². The quantitative estimate of drug-likeness (QED) is 0.818. The second-order valence-electron chi connectivity index (χ2n) is 5.66. The number of carbonyl (C=O) groups excluding carboxylic acids is 1. The molecule has 116 valence electrons. The molecule has 0 aromatic heterocycles. The number of nitrogen functional groups attached to an aromatic ring is 1. The van der Waals surface area contributed by atoms with Gasteiger partial charge in [0.2, 0.25) is 5.91 Å². The van der Waals surface area contributed by atoms with Crippen LogP contribution in [0.2, 0.25) is 0 Å². The van der Waals surface area contributed by atoms with E-state index in [9.17, 15) is 4.79 Å². The number of nitrogens with two attached hydrogens (primary N) is 1. The second-order valence-corrected chi connectivity index (χ2v) is 5.66. The minimum Gasteiger partial charge on any atom is -0.491 e. The first kappa shape index (κ1) is 15.7. The van der Waals surface area contributed by atoms with Gasteiger partial charge < -0.3 is 15.4 Å². The van der Waals surface area contributed by atoms with Crippen molar-refractivity contribution >= 4 is 11.6 Å². The van der Waals surface area contributed by atoms with Gasteiger partial charge in [0.05, 0.1) is 18.7 Å². The molecule has 1 saturated heterocycles. The van der Waals surface area contributed by atoms with Crippen molar-refractivity contribution in [1.82, 2.24) is 4.90 Å². The first-order valence-corrected chi connectivity index (χ1v) is 7.99. The Bertz CT molecular complexity index is 460. The van der Waals surface area contributed by atoms with Gasteiger partial charge in [0.25, 0.3) is 0 Å². The summed E-state index contributed by atoms with van der Waals surface area (Å²) in [5, 5.41) is 0. The molecule has 4 nitrogen and oxygen atoms in total. The van der Waals surface area contributed by atoms with Gasteiger partial charge in [-0.3, -0.25) is 4.79 Å². The Kier molecular flexibility index (Phi) is 5.90. The van der Waals surface area contributed by atoms with Crippen LogP contribution in [-0.4, -0.2) is 30.0 Å². The van der Waals surface area contributed by atoms with Crippen LogP contribution < -0.4 is 10.5 Å². The van der Waals surface area contributed by atoms with Crippen molar-refractivity contribution in [3.8, 4) is 5.75 Å². The number of para-hydroxylation sites is 2. The lowest BCUT2D eigenvalue weighted by Crippen LogP contribution is -2.44. The molecule has 21 heavy (non-hydrogen) atoms. The highest BCUT2D eigenvalue weighted by Gasteiger charge is 2.25. The van der Waals surface area contributed by atoms with E-state index in [-0.39, 0.29) is 5.91 Å². The highest BCUT2D eigenvalue weighted by atomic mass is 16.5. The molecule has 0 aliphatic carbocycles. The Hall–Kier alpha value is -1.71. The number of carbonyl (C=O) groups is 1. The fourth-order valence-corrected chi connectivity index (χ4v) is 2.97. The molecule has 1 aliphatic rings. The van der Waals surface area contributed by atoms with E-state index in [1.807, 2.05) is 18.2 Å². The van der Waals surface area contributed by atoms with Crippen LogP contribution in [0.1, 0.15) is 45.4 Å². The number of hydrogen-bond donors (Lipinski definition) is 1. The molecule has 0 bridgehead atoms. The molecule has 0 spiro atoms. The number of amides is 1. The summed E-state index contributed by atoms with van der Waals surface area (Å²) in [5.74, 6) is 0.872. The minimum absolute atomic E-state index is 0.211. The Morgan fingerprint density at radius 2 is 2.19 bits per heavy atom. The maximum atomic E-state index is 12.4. The van der Waals surface area contributed by atoms with E-state index >= 15 is 0 Å². The lowest BCUT2D eigenvalue weighted by atomic mass is 9.98. The molecule has 0 saturated carbocycles. The Morgan fingerprint density at radius 3 is 2.95 bits per heavy atom. The Balaban J connectivity index is 1.82. The second kappa shape index (κ2) is 7.91. The molecule has 1 aliphatic heterocycles. The predicted octanol–water partition coefficient (Wildman–Crippen LogP) is 3.22. The number of hydrogen-bond acceptors (Lipinski definition) is 3. The molecule has 4 heteroatoms. The zero-order chi connectivity index (χ0) is 15.1. The van der Waals surface area contributed by atoms with Crippen molar-refractivity contribution in [2.45, 2.75) is 51.5 Å². The van der Waals surface area contributed by atoms with Crippen LogP contribution in [0.15, 0.2) is 24.3 Å². The van der Waals surface area contributed by atoms with Gasteiger partial charge >= 0.3 is 0 Å². The summed E-state index contributed by atoms with van der Waals surface area (Å²) in [5.41, 5.74) is 6.44. The van der Waals surface area contributed by atoms with Gasteiger partial charge in [-0.15, -0.1) is 0 Å². The first-order chi connectivity index (χ1) is 10.2. The van der Waals surface area contributed by atoms with E-state index in [2.05, 4.69) is 11.8 Å². The summed E-state index contributed by atoms with van der Waals surface area (Å²) < 4.78 is 5.62. The van der Waals surface area contributed by atoms with Gasteiger partial charge in [-0.2, -0.15) is 0 Å². The summed E-state index contributed by atoms with van der Waals surface area (Å²) in [6.07, 6.45) is 6.17. The number of rotatable bonds is 6. The summed E-state index contributed by atoms with van der Waals surface area (Å²) in [7, 11) is 0. The summed E-state index contributed by atoms with van der Waals surface area (Å²) in [6, 6.07) is 7.82. The molecule has 1 fully saturated rings. The third kappa shape index (κ3) is 4.38. The van der Waals surface area contributed by atoms with Gasteiger partial charge in [0.15, 0.2) is 0 Å². The predicted molar refractivity (Wildman–Crippen MR) is 85.2 cm³/mol. The van der Waals surface area contributed by atoms with Crippen LogP contribution in [0.4, 0.5) is 5.69 Å². The van der Waals surface area contributed by atoms with Crippen LogP contribution in [0, 0.1) is 0 Å².